The fourth-order valence-electron chi connectivity index (χ4n) is 4.45. The summed E-state index contributed by atoms with van der Waals surface area (Å²) in [5.41, 5.74) is 7.55. The van der Waals surface area contributed by atoms with Crippen molar-refractivity contribution in [3.63, 3.8) is 0 Å². The van der Waals surface area contributed by atoms with Crippen molar-refractivity contribution in [3.05, 3.63) is 133 Å². The Labute approximate surface area is 215 Å². The normalized spacial score (nSPS) is 13.9. The van der Waals surface area contributed by atoms with E-state index in [1.165, 1.54) is 0 Å². The van der Waals surface area contributed by atoms with Gasteiger partial charge >= 0.3 is 0 Å². The van der Waals surface area contributed by atoms with Gasteiger partial charge in [0.15, 0.2) is 5.84 Å². The lowest BCUT2D eigenvalue weighted by atomic mass is 10.0. The second-order valence-electron chi connectivity index (χ2n) is 8.58. The van der Waals surface area contributed by atoms with E-state index >= 15 is 0 Å². The molecular formula is C32H24N4O. The predicted molar refractivity (Wildman–Crippen MR) is 151 cm³/mol. The molecule has 0 unspecified atom stereocenters. The molecular weight excluding hydrogens is 456 g/mol. The Kier molecular flexibility index (Phi) is 6.01. The summed E-state index contributed by atoms with van der Waals surface area (Å²) in [6.45, 7) is 0. The molecule has 0 bridgehead atoms. The van der Waals surface area contributed by atoms with Gasteiger partial charge in [0, 0.05) is 22.9 Å². The van der Waals surface area contributed by atoms with E-state index in [1.807, 2.05) is 78.9 Å². The lowest BCUT2D eigenvalue weighted by Crippen LogP contribution is -1.98. The Morgan fingerprint density at radius 2 is 1.43 bits per heavy atom. The fraction of sp³-hybridized carbons (Fsp3) is 0.0312. The number of nitrogens with zero attached hydrogens (tertiary/aromatic N) is 3. The van der Waals surface area contributed by atoms with Crippen molar-refractivity contribution >= 4 is 22.9 Å². The van der Waals surface area contributed by atoms with E-state index in [9.17, 15) is 0 Å². The lowest BCUT2D eigenvalue weighted by Gasteiger charge is -2.05. The molecule has 0 saturated heterocycles. The van der Waals surface area contributed by atoms with Crippen LogP contribution in [0.3, 0.4) is 0 Å². The molecule has 0 amide bonds. The quantitative estimate of drug-likeness (QED) is 0.276. The summed E-state index contributed by atoms with van der Waals surface area (Å²) in [5.74, 6) is 2.14. The highest BCUT2D eigenvalue weighted by Gasteiger charge is 2.22. The number of methoxy groups -OCH3 is 1. The van der Waals surface area contributed by atoms with Gasteiger partial charge in [0.05, 0.1) is 24.2 Å². The third kappa shape index (κ3) is 4.50. The molecule has 2 aromatic heterocycles. The van der Waals surface area contributed by atoms with Gasteiger partial charge in [-0.2, -0.15) is 0 Å². The molecule has 6 rings (SSSR count). The number of ether oxygens (including phenoxy) is 1. The van der Waals surface area contributed by atoms with Crippen molar-refractivity contribution in [2.24, 2.45) is 9.98 Å². The molecule has 0 fully saturated rings. The van der Waals surface area contributed by atoms with Crippen LogP contribution in [0.5, 0.6) is 5.75 Å². The standard InChI is InChI=1S/C32H24N4O/c1-37-30-18-9-8-16-24(30)28-20-25(22-12-4-2-5-13-22)31(34-28)36-32-26(23-14-6-3-7-15-23)21-29(35-32)27-17-10-11-19-33-27/h2-21,35H,1H3/b36-31-. The van der Waals surface area contributed by atoms with E-state index < -0.39 is 0 Å². The summed E-state index contributed by atoms with van der Waals surface area (Å²) in [7, 11) is 1.68. The van der Waals surface area contributed by atoms with Crippen LogP contribution in [0.25, 0.3) is 28.1 Å². The second-order valence-corrected chi connectivity index (χ2v) is 8.58. The van der Waals surface area contributed by atoms with E-state index in [0.29, 0.717) is 5.84 Å². The van der Waals surface area contributed by atoms with Crippen LogP contribution in [0.4, 0.5) is 5.82 Å². The van der Waals surface area contributed by atoms with Crippen molar-refractivity contribution < 1.29 is 4.74 Å². The zero-order chi connectivity index (χ0) is 25.0. The number of hydrogen-bond donors (Lipinski definition) is 1. The number of aromatic amines is 1. The van der Waals surface area contributed by atoms with E-state index in [4.69, 9.17) is 14.7 Å². The lowest BCUT2D eigenvalue weighted by molar-refractivity contribution is 0.414. The Morgan fingerprint density at radius 3 is 2.16 bits per heavy atom. The molecule has 5 nitrogen and oxygen atoms in total. The monoisotopic (exact) mass is 480 g/mol. The van der Waals surface area contributed by atoms with Crippen LogP contribution in [-0.2, 0) is 0 Å². The SMILES string of the molecule is COc1ccccc1C1=N/C(=N\c2[nH]c(-c3ccccn3)cc2-c2ccccc2)C(c2ccccc2)=C1. The number of allylic oxidation sites excluding steroid dienone is 1. The minimum Gasteiger partial charge on any atom is -0.496 e. The zero-order valence-electron chi connectivity index (χ0n) is 20.3. The first-order valence-electron chi connectivity index (χ1n) is 12.1. The van der Waals surface area contributed by atoms with Gasteiger partial charge in [0.2, 0.25) is 0 Å². The van der Waals surface area contributed by atoms with Gasteiger partial charge in [-0.25, -0.2) is 9.98 Å². The van der Waals surface area contributed by atoms with Crippen molar-refractivity contribution in [3.8, 4) is 28.3 Å². The van der Waals surface area contributed by atoms with Gasteiger partial charge in [0.25, 0.3) is 0 Å². The number of rotatable bonds is 6. The average Bonchev–Trinajstić information content (AvgIpc) is 3.59. The van der Waals surface area contributed by atoms with Crippen LogP contribution < -0.4 is 4.74 Å². The number of aromatic nitrogens is 2. The van der Waals surface area contributed by atoms with Gasteiger partial charge in [-0.05, 0) is 47.5 Å². The summed E-state index contributed by atoms with van der Waals surface area (Å²) in [6, 6.07) is 36.3. The summed E-state index contributed by atoms with van der Waals surface area (Å²) in [4.78, 5) is 18.1. The zero-order valence-corrected chi connectivity index (χ0v) is 20.3. The topological polar surface area (TPSA) is 62.6 Å². The molecule has 0 aliphatic carbocycles. The molecule has 1 aliphatic rings. The molecule has 1 aliphatic heterocycles. The van der Waals surface area contributed by atoms with Gasteiger partial charge in [-0.3, -0.25) is 4.98 Å². The average molecular weight is 481 g/mol. The Bertz CT molecular complexity index is 1630. The Morgan fingerprint density at radius 1 is 0.730 bits per heavy atom. The molecule has 0 atom stereocenters. The van der Waals surface area contributed by atoms with E-state index in [0.717, 1.165) is 56.5 Å². The predicted octanol–water partition coefficient (Wildman–Crippen LogP) is 7.37. The summed E-state index contributed by atoms with van der Waals surface area (Å²) in [6.07, 6.45) is 3.87. The third-order valence-corrected chi connectivity index (χ3v) is 6.26. The van der Waals surface area contributed by atoms with Crippen molar-refractivity contribution in [1.29, 1.82) is 0 Å². The fourth-order valence-corrected chi connectivity index (χ4v) is 4.45. The summed E-state index contributed by atoms with van der Waals surface area (Å²) in [5, 5.41) is 0. The summed E-state index contributed by atoms with van der Waals surface area (Å²) < 4.78 is 5.62. The highest BCUT2D eigenvalue weighted by atomic mass is 16.5. The van der Waals surface area contributed by atoms with E-state index in [2.05, 4.69) is 46.4 Å². The Balaban J connectivity index is 1.53. The van der Waals surface area contributed by atoms with E-state index in [-0.39, 0.29) is 0 Å². The first-order valence-corrected chi connectivity index (χ1v) is 12.1. The van der Waals surface area contributed by atoms with Gasteiger partial charge in [0.1, 0.15) is 11.6 Å². The van der Waals surface area contributed by atoms with Crippen molar-refractivity contribution in [2.45, 2.75) is 0 Å². The first kappa shape index (κ1) is 22.4. The molecule has 178 valence electrons. The minimum absolute atomic E-state index is 0.638. The molecule has 0 spiro atoms. The number of amidine groups is 1. The number of nitrogens with one attached hydrogen (secondary N) is 1. The maximum absolute atomic E-state index is 5.62. The van der Waals surface area contributed by atoms with Crippen molar-refractivity contribution in [1.82, 2.24) is 9.97 Å². The summed E-state index contributed by atoms with van der Waals surface area (Å²) >= 11 is 0. The molecule has 0 radical (unpaired) electrons. The maximum Gasteiger partial charge on any atom is 0.162 e. The van der Waals surface area contributed by atoms with Crippen LogP contribution in [0.1, 0.15) is 11.1 Å². The van der Waals surface area contributed by atoms with Crippen LogP contribution >= 0.6 is 0 Å². The molecule has 3 heterocycles. The second kappa shape index (κ2) is 9.91. The van der Waals surface area contributed by atoms with Crippen LogP contribution in [0.15, 0.2) is 131 Å². The molecule has 0 saturated carbocycles. The molecule has 5 aromatic rings. The third-order valence-electron chi connectivity index (χ3n) is 6.26. The number of aliphatic imine (C=N–C) groups is 2. The number of hydrogen-bond acceptors (Lipinski definition) is 3. The van der Waals surface area contributed by atoms with Crippen LogP contribution in [0, 0.1) is 0 Å². The molecule has 1 N–H and O–H groups in total. The molecule has 37 heavy (non-hydrogen) atoms. The number of pyridine rings is 1. The van der Waals surface area contributed by atoms with Crippen LogP contribution in [-0.4, -0.2) is 28.6 Å². The van der Waals surface area contributed by atoms with Gasteiger partial charge in [-0.1, -0.05) is 78.9 Å². The highest BCUT2D eigenvalue weighted by Crippen LogP contribution is 2.36. The largest absolute Gasteiger partial charge is 0.496 e. The van der Waals surface area contributed by atoms with Gasteiger partial charge in [-0.15, -0.1) is 0 Å². The molecule has 3 aromatic carbocycles. The number of benzene rings is 3. The first-order chi connectivity index (χ1) is 18.3. The van der Waals surface area contributed by atoms with Crippen LogP contribution in [0.2, 0.25) is 0 Å². The van der Waals surface area contributed by atoms with Crippen molar-refractivity contribution in [2.75, 3.05) is 7.11 Å². The Hall–Kier alpha value is -5.03. The number of para-hydroxylation sites is 1. The smallest absolute Gasteiger partial charge is 0.162 e. The number of H-pyrrole nitrogens is 1. The minimum atomic E-state index is 0.638. The highest BCUT2D eigenvalue weighted by molar-refractivity contribution is 6.38. The van der Waals surface area contributed by atoms with E-state index in [1.54, 1.807) is 13.3 Å². The van der Waals surface area contributed by atoms with Gasteiger partial charge < -0.3 is 9.72 Å². The molecule has 5 heteroatoms. The maximum atomic E-state index is 5.62.